The van der Waals surface area contributed by atoms with E-state index in [1.54, 1.807) is 0 Å². The van der Waals surface area contributed by atoms with E-state index in [1.807, 2.05) is 43.9 Å². The Morgan fingerprint density at radius 1 is 1.28 bits per heavy atom. The van der Waals surface area contributed by atoms with Crippen LogP contribution in [0.2, 0.25) is 0 Å². The zero-order valence-electron chi connectivity index (χ0n) is 14.9. The number of hydrogen-bond acceptors (Lipinski definition) is 4. The van der Waals surface area contributed by atoms with Gasteiger partial charge in [0.2, 0.25) is 5.91 Å². The lowest BCUT2D eigenvalue weighted by atomic mass is 10.1. The van der Waals surface area contributed by atoms with Crippen molar-refractivity contribution >= 4 is 38.4 Å². The summed E-state index contributed by atoms with van der Waals surface area (Å²) in [4.78, 5) is 18.6. The van der Waals surface area contributed by atoms with Crippen LogP contribution in [-0.2, 0) is 14.6 Å². The number of carbonyl (C=O) groups is 1. The van der Waals surface area contributed by atoms with Gasteiger partial charge in [-0.1, -0.05) is 43.3 Å². The van der Waals surface area contributed by atoms with Crippen molar-refractivity contribution in [2.45, 2.75) is 51.3 Å². The van der Waals surface area contributed by atoms with Crippen molar-refractivity contribution in [3.63, 3.8) is 0 Å². The maximum absolute atomic E-state index is 12.2. The monoisotopic (exact) mass is 380 g/mol. The molecule has 2 atom stereocenters. The van der Waals surface area contributed by atoms with E-state index in [0.717, 1.165) is 29.7 Å². The molecular formula is C18H24N2O3S2. The van der Waals surface area contributed by atoms with Gasteiger partial charge in [-0.3, -0.25) is 4.79 Å². The molecule has 2 heterocycles. The van der Waals surface area contributed by atoms with Crippen molar-refractivity contribution in [2.24, 2.45) is 4.99 Å². The molecule has 2 aliphatic rings. The topological polar surface area (TPSA) is 66.8 Å². The average Bonchev–Trinajstić information content (AvgIpc) is 2.97. The SMILES string of the molecule is CCCCC(=O)N=C1SC2CS(=O)(=O)CC2N1c1c(C)cccc1C. The Hall–Kier alpha value is -1.34. The molecule has 5 nitrogen and oxygen atoms in total. The van der Waals surface area contributed by atoms with Crippen LogP contribution in [-0.4, -0.2) is 42.3 Å². The number of sulfone groups is 1. The van der Waals surface area contributed by atoms with Crippen LogP contribution in [0, 0.1) is 13.8 Å². The number of aryl methyl sites for hydroxylation is 2. The van der Waals surface area contributed by atoms with Gasteiger partial charge in [-0.05, 0) is 31.4 Å². The van der Waals surface area contributed by atoms with E-state index >= 15 is 0 Å². The molecule has 0 aromatic heterocycles. The van der Waals surface area contributed by atoms with Gasteiger partial charge < -0.3 is 4.90 Å². The Bertz CT molecular complexity index is 797. The summed E-state index contributed by atoms with van der Waals surface area (Å²) in [5.41, 5.74) is 3.13. The number of thioether (sulfide) groups is 1. The first-order valence-corrected chi connectivity index (χ1v) is 11.4. The molecule has 0 N–H and O–H groups in total. The summed E-state index contributed by atoms with van der Waals surface area (Å²) in [6.07, 6.45) is 2.22. The molecule has 25 heavy (non-hydrogen) atoms. The summed E-state index contributed by atoms with van der Waals surface area (Å²) < 4.78 is 24.2. The fourth-order valence-electron chi connectivity index (χ4n) is 3.50. The maximum atomic E-state index is 12.2. The molecule has 2 unspecified atom stereocenters. The smallest absolute Gasteiger partial charge is 0.248 e. The number of aliphatic imine (C=N–C) groups is 1. The molecule has 0 spiro atoms. The number of fused-ring (bicyclic) bond motifs is 1. The van der Waals surface area contributed by atoms with E-state index in [9.17, 15) is 13.2 Å². The third kappa shape index (κ3) is 3.77. The second kappa shape index (κ2) is 7.11. The Balaban J connectivity index is 2.01. The first-order chi connectivity index (χ1) is 11.8. The predicted molar refractivity (Wildman–Crippen MR) is 104 cm³/mol. The van der Waals surface area contributed by atoms with Gasteiger partial charge in [-0.2, -0.15) is 4.99 Å². The molecule has 2 fully saturated rings. The van der Waals surface area contributed by atoms with Gasteiger partial charge in [0.25, 0.3) is 0 Å². The Morgan fingerprint density at radius 3 is 2.60 bits per heavy atom. The quantitative estimate of drug-likeness (QED) is 0.803. The summed E-state index contributed by atoms with van der Waals surface area (Å²) in [6, 6.07) is 5.87. The number of unbranched alkanes of at least 4 members (excludes halogenated alkanes) is 1. The normalized spacial score (nSPS) is 26.2. The summed E-state index contributed by atoms with van der Waals surface area (Å²) in [7, 11) is -3.04. The van der Waals surface area contributed by atoms with Crippen molar-refractivity contribution in [1.82, 2.24) is 0 Å². The molecule has 0 radical (unpaired) electrons. The Morgan fingerprint density at radius 2 is 1.96 bits per heavy atom. The Kier molecular flexibility index (Phi) is 5.25. The molecule has 0 aliphatic carbocycles. The number of nitrogens with zero attached hydrogens (tertiary/aromatic N) is 2. The fraction of sp³-hybridized carbons (Fsp3) is 0.556. The van der Waals surface area contributed by atoms with Gasteiger partial charge in [0, 0.05) is 17.4 Å². The van der Waals surface area contributed by atoms with E-state index in [-0.39, 0.29) is 28.7 Å². The van der Waals surface area contributed by atoms with Crippen LogP contribution in [0.15, 0.2) is 23.2 Å². The van der Waals surface area contributed by atoms with Crippen molar-refractivity contribution < 1.29 is 13.2 Å². The highest BCUT2D eigenvalue weighted by Crippen LogP contribution is 2.43. The first-order valence-electron chi connectivity index (χ1n) is 8.66. The number of rotatable bonds is 4. The van der Waals surface area contributed by atoms with Crippen LogP contribution in [0.3, 0.4) is 0 Å². The van der Waals surface area contributed by atoms with Gasteiger partial charge >= 0.3 is 0 Å². The third-order valence-corrected chi connectivity index (χ3v) is 7.92. The van der Waals surface area contributed by atoms with Gasteiger partial charge in [-0.25, -0.2) is 8.42 Å². The van der Waals surface area contributed by atoms with Gasteiger partial charge in [0.15, 0.2) is 15.0 Å². The Labute approximate surface area is 153 Å². The highest BCUT2D eigenvalue weighted by atomic mass is 32.2. The number of benzene rings is 1. The summed E-state index contributed by atoms with van der Waals surface area (Å²) in [5.74, 6) is 0.162. The fourth-order valence-corrected chi connectivity index (χ4v) is 7.42. The molecule has 0 saturated carbocycles. The highest BCUT2D eigenvalue weighted by molar-refractivity contribution is 8.16. The minimum absolute atomic E-state index is 0.0540. The standard InChI is InChI=1S/C18H24N2O3S2/c1-4-5-9-16(21)19-18-20(17-12(2)7-6-8-13(17)3)14-10-25(22,23)11-15(14)24-18/h6-8,14-15H,4-5,9-11H2,1-3H3. The van der Waals surface area contributed by atoms with E-state index in [4.69, 9.17) is 0 Å². The average molecular weight is 381 g/mol. The predicted octanol–water partition coefficient (Wildman–Crippen LogP) is 3.10. The molecule has 1 aromatic carbocycles. The van der Waals surface area contributed by atoms with Crippen molar-refractivity contribution in [3.8, 4) is 0 Å². The summed E-state index contributed by atoms with van der Waals surface area (Å²) in [6.45, 7) is 6.07. The van der Waals surface area contributed by atoms with Gasteiger partial charge in [0.05, 0.1) is 17.5 Å². The van der Waals surface area contributed by atoms with E-state index in [2.05, 4.69) is 4.99 Å². The van der Waals surface area contributed by atoms with Crippen molar-refractivity contribution in [1.29, 1.82) is 0 Å². The van der Waals surface area contributed by atoms with E-state index in [0.29, 0.717) is 11.6 Å². The van der Waals surface area contributed by atoms with Crippen LogP contribution in [0.25, 0.3) is 0 Å². The molecule has 7 heteroatoms. The second-order valence-corrected chi connectivity index (χ2v) is 10.2. The van der Waals surface area contributed by atoms with Gasteiger partial charge in [0.1, 0.15) is 0 Å². The lowest BCUT2D eigenvalue weighted by molar-refractivity contribution is -0.117. The summed E-state index contributed by atoms with van der Waals surface area (Å²) in [5, 5.41) is 0.602. The number of carbonyl (C=O) groups excluding carboxylic acids is 1. The number of hydrogen-bond donors (Lipinski definition) is 0. The molecule has 2 saturated heterocycles. The van der Waals surface area contributed by atoms with E-state index in [1.165, 1.54) is 11.8 Å². The largest absolute Gasteiger partial charge is 0.315 e. The summed E-state index contributed by atoms with van der Waals surface area (Å²) >= 11 is 1.44. The molecule has 0 bridgehead atoms. The van der Waals surface area contributed by atoms with Crippen molar-refractivity contribution in [2.75, 3.05) is 16.4 Å². The molecule has 3 rings (SSSR count). The van der Waals surface area contributed by atoms with Crippen LogP contribution in [0.4, 0.5) is 5.69 Å². The van der Waals surface area contributed by atoms with Crippen LogP contribution < -0.4 is 4.90 Å². The molecule has 1 aromatic rings. The zero-order valence-corrected chi connectivity index (χ0v) is 16.5. The lowest BCUT2D eigenvalue weighted by Gasteiger charge is -2.28. The molecule has 136 valence electrons. The minimum Gasteiger partial charge on any atom is -0.315 e. The number of anilines is 1. The first kappa shape index (κ1) is 18.5. The molecular weight excluding hydrogens is 356 g/mol. The van der Waals surface area contributed by atoms with Crippen LogP contribution in [0.1, 0.15) is 37.3 Å². The highest BCUT2D eigenvalue weighted by Gasteiger charge is 2.49. The van der Waals surface area contributed by atoms with Crippen LogP contribution >= 0.6 is 11.8 Å². The number of amides is 1. The molecule has 1 amide bonds. The van der Waals surface area contributed by atoms with Gasteiger partial charge in [-0.15, -0.1) is 0 Å². The van der Waals surface area contributed by atoms with Crippen molar-refractivity contribution in [3.05, 3.63) is 29.3 Å². The maximum Gasteiger partial charge on any atom is 0.248 e. The van der Waals surface area contributed by atoms with Crippen LogP contribution in [0.5, 0.6) is 0 Å². The third-order valence-electron chi connectivity index (χ3n) is 4.71. The zero-order chi connectivity index (χ0) is 18.2. The van der Waals surface area contributed by atoms with E-state index < -0.39 is 9.84 Å². The lowest BCUT2D eigenvalue weighted by Crippen LogP contribution is -2.38. The molecule has 2 aliphatic heterocycles. The minimum atomic E-state index is -3.04. The number of amidine groups is 1. The second-order valence-electron chi connectivity index (χ2n) is 6.80. The number of para-hydroxylation sites is 1.